The van der Waals surface area contributed by atoms with E-state index in [4.69, 9.17) is 5.11 Å². The highest BCUT2D eigenvalue weighted by molar-refractivity contribution is 8.41. The number of rotatable bonds is 5. The van der Waals surface area contributed by atoms with Crippen LogP contribution >= 0.6 is 23.7 Å². The zero-order chi connectivity index (χ0) is 21.3. The van der Waals surface area contributed by atoms with E-state index in [1.807, 2.05) is 6.07 Å². The van der Waals surface area contributed by atoms with E-state index in [1.165, 1.54) is 28.2 Å². The molecule has 9 nitrogen and oxygen atoms in total. The quantitative estimate of drug-likeness (QED) is 0.540. The molecule has 2 aromatic rings. The first-order chi connectivity index (χ1) is 14.4. The summed E-state index contributed by atoms with van der Waals surface area (Å²) >= 11 is 2.29. The van der Waals surface area contributed by atoms with E-state index in [9.17, 15) is 19.2 Å². The molecule has 11 heteroatoms. The molecule has 4 amide bonds. The van der Waals surface area contributed by atoms with Gasteiger partial charge in [0.1, 0.15) is 6.54 Å². The normalized spacial score (nSPS) is 19.3. The topological polar surface area (TPSA) is 119 Å². The van der Waals surface area contributed by atoms with Gasteiger partial charge in [-0.05, 0) is 36.4 Å². The van der Waals surface area contributed by atoms with E-state index < -0.39 is 29.8 Å². The zero-order valence-corrected chi connectivity index (χ0v) is 16.9. The maximum absolute atomic E-state index is 12.7. The number of fused-ring (bicyclic) bond motifs is 1. The number of urea groups is 1. The van der Waals surface area contributed by atoms with Crippen LogP contribution in [0.2, 0.25) is 0 Å². The number of aliphatic imine (C=N–C) groups is 1. The number of para-hydroxylation sites is 1. The molecule has 152 valence electrons. The molecule has 0 spiro atoms. The number of carboxylic acid groups (broad SMARTS) is 1. The average Bonchev–Trinajstić information content (AvgIpc) is 3.26. The van der Waals surface area contributed by atoms with Gasteiger partial charge < -0.3 is 10.4 Å². The van der Waals surface area contributed by atoms with Crippen LogP contribution in [-0.2, 0) is 9.59 Å². The lowest BCUT2D eigenvalue weighted by molar-refractivity contribution is -0.135. The summed E-state index contributed by atoms with van der Waals surface area (Å²) in [6.45, 7) is -0.463. The summed E-state index contributed by atoms with van der Waals surface area (Å²) in [7, 11) is 0. The van der Waals surface area contributed by atoms with Crippen LogP contribution in [0.5, 0.6) is 0 Å². The fourth-order valence-electron chi connectivity index (χ4n) is 2.80. The smallest absolute Gasteiger partial charge is 0.343 e. The molecule has 2 saturated heterocycles. The molecule has 4 rings (SSSR count). The SMILES string of the molecule is O=C(O)CNC(=O)c1ccc(N=C2SC3C(=O)N(c4ccccc4)C(=O)N3S2)cc1. The van der Waals surface area contributed by atoms with Crippen LogP contribution in [0.25, 0.3) is 0 Å². The molecule has 2 aliphatic heterocycles. The van der Waals surface area contributed by atoms with E-state index in [0.29, 0.717) is 21.3 Å². The predicted molar refractivity (Wildman–Crippen MR) is 114 cm³/mol. The maximum Gasteiger partial charge on any atom is 0.343 e. The van der Waals surface area contributed by atoms with Gasteiger partial charge in [-0.15, -0.1) is 0 Å². The first kappa shape index (κ1) is 20.0. The second-order valence-electron chi connectivity index (χ2n) is 6.18. The number of amides is 4. The minimum atomic E-state index is -1.13. The molecule has 2 heterocycles. The fourth-order valence-corrected chi connectivity index (χ4v) is 5.15. The van der Waals surface area contributed by atoms with E-state index >= 15 is 0 Å². The van der Waals surface area contributed by atoms with Crippen molar-refractivity contribution in [3.05, 3.63) is 60.2 Å². The zero-order valence-electron chi connectivity index (χ0n) is 15.2. The number of hydrogen-bond donors (Lipinski definition) is 2. The highest BCUT2D eigenvalue weighted by Gasteiger charge is 2.52. The Morgan fingerprint density at radius 1 is 1.07 bits per heavy atom. The standard InChI is InChI=1S/C19H14N4O5S2/c24-14(25)10-20-15(26)11-6-8-12(9-7-11)21-18-29-17-16(27)22(19(28)23(17)30-18)13-4-2-1-3-5-13/h1-9,17H,10H2,(H,20,26)(H,24,25). The molecule has 2 aromatic carbocycles. The number of anilines is 1. The summed E-state index contributed by atoms with van der Waals surface area (Å²) in [5, 5.41) is 10.2. The third-order valence-corrected chi connectivity index (χ3v) is 6.56. The van der Waals surface area contributed by atoms with Crippen LogP contribution in [0.4, 0.5) is 16.2 Å². The van der Waals surface area contributed by atoms with Gasteiger partial charge in [0.25, 0.3) is 11.8 Å². The van der Waals surface area contributed by atoms with Crippen molar-refractivity contribution in [1.29, 1.82) is 0 Å². The number of nitrogens with one attached hydrogen (secondary N) is 1. The Hall–Kier alpha value is -3.31. The lowest BCUT2D eigenvalue weighted by Crippen LogP contribution is -2.31. The van der Waals surface area contributed by atoms with Crippen molar-refractivity contribution < 1.29 is 24.3 Å². The molecular formula is C19H14N4O5S2. The number of imide groups is 1. The Morgan fingerprint density at radius 2 is 1.77 bits per heavy atom. The van der Waals surface area contributed by atoms with Crippen LogP contribution in [0, 0.1) is 0 Å². The van der Waals surface area contributed by atoms with Crippen molar-refractivity contribution in [2.75, 3.05) is 11.4 Å². The number of nitrogens with zero attached hydrogens (tertiary/aromatic N) is 3. The Labute approximate surface area is 179 Å². The van der Waals surface area contributed by atoms with Gasteiger partial charge in [-0.3, -0.25) is 14.4 Å². The van der Waals surface area contributed by atoms with Crippen molar-refractivity contribution in [1.82, 2.24) is 9.62 Å². The number of carboxylic acids is 1. The van der Waals surface area contributed by atoms with Gasteiger partial charge in [0, 0.05) is 17.5 Å². The molecule has 0 radical (unpaired) electrons. The minimum absolute atomic E-state index is 0.302. The first-order valence-electron chi connectivity index (χ1n) is 8.69. The number of aliphatic carboxylic acids is 1. The van der Waals surface area contributed by atoms with Crippen LogP contribution in [0.3, 0.4) is 0 Å². The van der Waals surface area contributed by atoms with Crippen LogP contribution in [-0.4, -0.2) is 49.5 Å². The van der Waals surface area contributed by atoms with Gasteiger partial charge in [0.15, 0.2) is 9.75 Å². The van der Waals surface area contributed by atoms with Gasteiger partial charge in [0.05, 0.1) is 11.4 Å². The Morgan fingerprint density at radius 3 is 2.40 bits per heavy atom. The number of thioether (sulfide) groups is 1. The number of hydrogen-bond acceptors (Lipinski definition) is 7. The monoisotopic (exact) mass is 442 g/mol. The molecule has 0 aliphatic carbocycles. The van der Waals surface area contributed by atoms with E-state index in [2.05, 4.69) is 10.3 Å². The molecule has 0 aromatic heterocycles. The third kappa shape index (κ3) is 3.89. The van der Waals surface area contributed by atoms with Crippen molar-refractivity contribution in [3.63, 3.8) is 0 Å². The molecule has 1 atom stereocenters. The first-order valence-corrected chi connectivity index (χ1v) is 10.3. The molecule has 0 saturated carbocycles. The largest absolute Gasteiger partial charge is 0.480 e. The van der Waals surface area contributed by atoms with E-state index in [0.717, 1.165) is 16.8 Å². The summed E-state index contributed by atoms with van der Waals surface area (Å²) < 4.78 is 1.93. The van der Waals surface area contributed by atoms with Crippen LogP contribution in [0.1, 0.15) is 10.4 Å². The summed E-state index contributed by atoms with van der Waals surface area (Å²) in [4.78, 5) is 53.4. The van der Waals surface area contributed by atoms with Crippen LogP contribution in [0.15, 0.2) is 59.6 Å². The lowest BCUT2D eigenvalue weighted by Gasteiger charge is -2.14. The summed E-state index contributed by atoms with van der Waals surface area (Å²) in [5.74, 6) is -1.95. The highest BCUT2D eigenvalue weighted by atomic mass is 32.2. The molecule has 30 heavy (non-hydrogen) atoms. The Kier molecular flexibility index (Phi) is 5.46. The number of carbonyl (C=O) groups is 4. The summed E-state index contributed by atoms with van der Waals surface area (Å²) in [6.07, 6.45) is 0. The summed E-state index contributed by atoms with van der Waals surface area (Å²) in [6, 6.07) is 14.6. The van der Waals surface area contributed by atoms with E-state index in [1.54, 1.807) is 36.4 Å². The molecule has 2 N–H and O–H groups in total. The van der Waals surface area contributed by atoms with Gasteiger partial charge in [0.2, 0.25) is 0 Å². The Bertz CT molecular complexity index is 1030. The minimum Gasteiger partial charge on any atom is -0.480 e. The van der Waals surface area contributed by atoms with Crippen LogP contribution < -0.4 is 10.2 Å². The second-order valence-corrected chi connectivity index (χ2v) is 8.47. The Balaban J connectivity index is 1.44. The lowest BCUT2D eigenvalue weighted by atomic mass is 10.2. The number of carbonyl (C=O) groups excluding carboxylic acids is 3. The van der Waals surface area contributed by atoms with Crippen molar-refractivity contribution in [2.24, 2.45) is 4.99 Å². The van der Waals surface area contributed by atoms with Gasteiger partial charge in [-0.25, -0.2) is 19.0 Å². The fraction of sp³-hybridized carbons (Fsp3) is 0.105. The molecule has 2 fully saturated rings. The van der Waals surface area contributed by atoms with Crippen molar-refractivity contribution in [3.8, 4) is 0 Å². The molecule has 1 unspecified atom stereocenters. The predicted octanol–water partition coefficient (Wildman–Crippen LogP) is 2.68. The van der Waals surface area contributed by atoms with Gasteiger partial charge in [-0.2, -0.15) is 0 Å². The average molecular weight is 442 g/mol. The van der Waals surface area contributed by atoms with Crippen molar-refractivity contribution in [2.45, 2.75) is 5.37 Å². The molecular weight excluding hydrogens is 428 g/mol. The van der Waals surface area contributed by atoms with Crippen molar-refractivity contribution >= 4 is 63.3 Å². The molecule has 0 bridgehead atoms. The highest BCUT2D eigenvalue weighted by Crippen LogP contribution is 2.45. The maximum atomic E-state index is 12.7. The van der Waals surface area contributed by atoms with Gasteiger partial charge >= 0.3 is 12.0 Å². The second kappa shape index (κ2) is 8.20. The summed E-state index contributed by atoms with van der Waals surface area (Å²) in [5.41, 5.74) is 1.37. The van der Waals surface area contributed by atoms with E-state index in [-0.39, 0.29) is 5.91 Å². The number of benzene rings is 2. The van der Waals surface area contributed by atoms with Gasteiger partial charge in [-0.1, -0.05) is 30.0 Å². The molecule has 2 aliphatic rings. The third-order valence-electron chi connectivity index (χ3n) is 4.18.